The first-order valence-corrected chi connectivity index (χ1v) is 7.64. The van der Waals surface area contributed by atoms with Gasteiger partial charge in [-0.3, -0.25) is 4.90 Å². The molecule has 0 spiro atoms. The fourth-order valence-electron chi connectivity index (χ4n) is 2.74. The summed E-state index contributed by atoms with van der Waals surface area (Å²) in [6.45, 7) is 2.22. The molecule has 3 heteroatoms. The molecule has 0 aliphatic carbocycles. The lowest BCUT2D eigenvalue weighted by atomic mass is 10.0. The maximum absolute atomic E-state index is 6.33. The molecule has 0 aromatic heterocycles. The maximum Gasteiger partial charge on any atom is 0.138 e. The predicted octanol–water partition coefficient (Wildman–Crippen LogP) is 4.54. The van der Waals surface area contributed by atoms with Gasteiger partial charge in [-0.05, 0) is 25.6 Å². The van der Waals surface area contributed by atoms with Crippen LogP contribution in [0.5, 0.6) is 0 Å². The molecule has 0 unspecified atom stereocenters. The summed E-state index contributed by atoms with van der Waals surface area (Å²) in [4.78, 5) is 2.29. The highest BCUT2D eigenvalue weighted by Gasteiger charge is 2.39. The highest BCUT2D eigenvalue weighted by Crippen LogP contribution is 2.42. The molecule has 1 aliphatic rings. The lowest BCUT2D eigenvalue weighted by Gasteiger charge is -2.22. The van der Waals surface area contributed by atoms with Crippen molar-refractivity contribution in [3.63, 3.8) is 0 Å². The fourth-order valence-corrected chi connectivity index (χ4v) is 3.22. The zero-order valence-electron chi connectivity index (χ0n) is 11.7. The molecule has 2 nitrogen and oxygen atoms in total. The van der Waals surface area contributed by atoms with Crippen LogP contribution >= 0.6 is 15.9 Å². The molecule has 0 amide bonds. The van der Waals surface area contributed by atoms with Crippen molar-refractivity contribution in [3.05, 3.63) is 70.2 Å². The molecule has 2 aromatic rings. The van der Waals surface area contributed by atoms with Crippen molar-refractivity contribution < 1.29 is 4.74 Å². The predicted molar refractivity (Wildman–Crippen MR) is 84.4 cm³/mol. The van der Waals surface area contributed by atoms with Crippen molar-refractivity contribution in [2.75, 3.05) is 7.05 Å². The van der Waals surface area contributed by atoms with Gasteiger partial charge in [0.05, 0.1) is 0 Å². The minimum absolute atomic E-state index is 0.00854. The Hall–Kier alpha value is -1.16. The van der Waals surface area contributed by atoms with Gasteiger partial charge in [-0.15, -0.1) is 0 Å². The van der Waals surface area contributed by atoms with Crippen LogP contribution in [0.25, 0.3) is 0 Å². The van der Waals surface area contributed by atoms with Gasteiger partial charge in [0, 0.05) is 16.1 Å². The summed E-state index contributed by atoms with van der Waals surface area (Å²) < 4.78 is 7.43. The topological polar surface area (TPSA) is 12.5 Å². The van der Waals surface area contributed by atoms with Crippen molar-refractivity contribution in [1.82, 2.24) is 4.90 Å². The van der Waals surface area contributed by atoms with Crippen LogP contribution in [0, 0.1) is 0 Å². The Balaban J connectivity index is 1.91. The van der Waals surface area contributed by atoms with Crippen LogP contribution in [0.15, 0.2) is 59.1 Å². The van der Waals surface area contributed by atoms with Crippen molar-refractivity contribution in [2.45, 2.75) is 25.3 Å². The first-order valence-electron chi connectivity index (χ1n) is 6.85. The van der Waals surface area contributed by atoms with E-state index >= 15 is 0 Å². The van der Waals surface area contributed by atoms with Crippen LogP contribution in [-0.2, 0) is 4.74 Å². The average Bonchev–Trinajstić information content (AvgIpc) is 2.77. The molecule has 0 N–H and O–H groups in total. The summed E-state index contributed by atoms with van der Waals surface area (Å²) in [6.07, 6.45) is 0.101. The van der Waals surface area contributed by atoms with E-state index in [2.05, 4.69) is 77.3 Å². The second-order valence-corrected chi connectivity index (χ2v) is 6.10. The Morgan fingerprint density at radius 3 is 2.35 bits per heavy atom. The van der Waals surface area contributed by atoms with Gasteiger partial charge in [-0.1, -0.05) is 64.5 Å². The number of likely N-dealkylation sites (N-methyl/N-ethyl adjacent to an activating group) is 1. The second-order valence-electron chi connectivity index (χ2n) is 5.25. The first kappa shape index (κ1) is 13.8. The van der Waals surface area contributed by atoms with E-state index in [1.54, 1.807) is 0 Å². The summed E-state index contributed by atoms with van der Waals surface area (Å²) in [6, 6.07) is 19.0. The Bertz CT molecular complexity index is 587. The minimum Gasteiger partial charge on any atom is -0.349 e. The molecule has 0 radical (unpaired) electrons. The van der Waals surface area contributed by atoms with Gasteiger partial charge in [0.2, 0.25) is 0 Å². The molecular formula is C17H18BrNO. The smallest absolute Gasteiger partial charge is 0.138 e. The third-order valence-corrected chi connectivity index (χ3v) is 4.75. The molecule has 0 bridgehead atoms. The quantitative estimate of drug-likeness (QED) is 0.801. The van der Waals surface area contributed by atoms with E-state index in [1.165, 1.54) is 11.1 Å². The van der Waals surface area contributed by atoms with Gasteiger partial charge >= 0.3 is 0 Å². The molecule has 1 heterocycles. The monoisotopic (exact) mass is 331 g/mol. The molecule has 2 aromatic carbocycles. The largest absolute Gasteiger partial charge is 0.349 e. The van der Waals surface area contributed by atoms with Gasteiger partial charge in [-0.2, -0.15) is 0 Å². The van der Waals surface area contributed by atoms with Gasteiger partial charge < -0.3 is 4.74 Å². The van der Waals surface area contributed by atoms with E-state index < -0.39 is 0 Å². The van der Waals surface area contributed by atoms with Crippen molar-refractivity contribution in [3.8, 4) is 0 Å². The van der Waals surface area contributed by atoms with Crippen LogP contribution in [0.4, 0.5) is 0 Å². The van der Waals surface area contributed by atoms with E-state index in [0.29, 0.717) is 6.04 Å². The number of hydrogen-bond donors (Lipinski definition) is 0. The Morgan fingerprint density at radius 2 is 1.65 bits per heavy atom. The number of hydrogen-bond acceptors (Lipinski definition) is 2. The number of nitrogens with zero attached hydrogens (tertiary/aromatic N) is 1. The number of benzene rings is 2. The van der Waals surface area contributed by atoms with E-state index in [-0.39, 0.29) is 12.3 Å². The molecule has 1 fully saturated rings. The Kier molecular flexibility index (Phi) is 3.92. The molecule has 3 atom stereocenters. The molecule has 1 aliphatic heterocycles. The summed E-state index contributed by atoms with van der Waals surface area (Å²) in [5.74, 6) is 0. The molecule has 1 saturated heterocycles. The Labute approximate surface area is 128 Å². The minimum atomic E-state index is -0.00854. The van der Waals surface area contributed by atoms with Gasteiger partial charge in [0.25, 0.3) is 0 Å². The molecule has 0 saturated carbocycles. The summed E-state index contributed by atoms with van der Waals surface area (Å²) >= 11 is 3.62. The van der Waals surface area contributed by atoms with Gasteiger partial charge in [-0.25, -0.2) is 0 Å². The molecule has 20 heavy (non-hydrogen) atoms. The number of ether oxygens (including phenoxy) is 1. The van der Waals surface area contributed by atoms with Crippen molar-refractivity contribution in [2.24, 2.45) is 0 Å². The van der Waals surface area contributed by atoms with Crippen molar-refractivity contribution >= 4 is 15.9 Å². The molecule has 104 valence electrons. The summed E-state index contributed by atoms with van der Waals surface area (Å²) in [5, 5.41) is 0. The highest BCUT2D eigenvalue weighted by atomic mass is 79.9. The lowest BCUT2D eigenvalue weighted by Crippen LogP contribution is -2.27. The van der Waals surface area contributed by atoms with Gasteiger partial charge in [0.1, 0.15) is 12.3 Å². The molecule has 3 rings (SSSR count). The van der Waals surface area contributed by atoms with E-state index in [0.717, 1.165) is 4.47 Å². The van der Waals surface area contributed by atoms with Crippen molar-refractivity contribution in [1.29, 1.82) is 0 Å². The van der Waals surface area contributed by atoms with Crippen LogP contribution in [-0.4, -0.2) is 18.0 Å². The third-order valence-electron chi connectivity index (χ3n) is 4.03. The first-order chi connectivity index (χ1) is 9.68. The highest BCUT2D eigenvalue weighted by molar-refractivity contribution is 9.10. The molecular weight excluding hydrogens is 314 g/mol. The third kappa shape index (κ3) is 2.41. The standard InChI is InChI=1S/C17H18BrNO/c1-12-16(13-8-4-3-5-9-13)20-17(19(12)2)14-10-6-7-11-15(14)18/h3-12,16-17H,1-2H3/t12-,16+,17-/m1/s1. The number of rotatable bonds is 2. The zero-order chi connectivity index (χ0) is 14.1. The summed E-state index contributed by atoms with van der Waals surface area (Å²) in [7, 11) is 2.12. The van der Waals surface area contributed by atoms with Crippen LogP contribution < -0.4 is 0 Å². The van der Waals surface area contributed by atoms with Crippen LogP contribution in [0.1, 0.15) is 30.4 Å². The average molecular weight is 332 g/mol. The van der Waals surface area contributed by atoms with Crippen LogP contribution in [0.3, 0.4) is 0 Å². The second kappa shape index (κ2) is 5.68. The normalized spacial score (nSPS) is 26.9. The lowest BCUT2D eigenvalue weighted by molar-refractivity contribution is 0.00512. The van der Waals surface area contributed by atoms with Gasteiger partial charge in [0.15, 0.2) is 0 Å². The Morgan fingerprint density at radius 1 is 1.00 bits per heavy atom. The van der Waals surface area contributed by atoms with Crippen LogP contribution in [0.2, 0.25) is 0 Å². The fraction of sp³-hybridized carbons (Fsp3) is 0.294. The van der Waals surface area contributed by atoms with E-state index in [1.807, 2.05) is 12.1 Å². The van der Waals surface area contributed by atoms with E-state index in [4.69, 9.17) is 4.74 Å². The maximum atomic E-state index is 6.33. The van der Waals surface area contributed by atoms with E-state index in [9.17, 15) is 0 Å². The number of halogens is 1. The SMILES string of the molecule is C[C@@H]1[C@@H](c2ccccc2)O[C@H](c2ccccc2Br)N1C. The zero-order valence-corrected chi connectivity index (χ0v) is 13.2. The summed E-state index contributed by atoms with van der Waals surface area (Å²) in [5.41, 5.74) is 2.42.